The summed E-state index contributed by atoms with van der Waals surface area (Å²) in [4.78, 5) is 57.4. The number of unbranched alkanes of at least 4 members (excludes halogenated alkanes) is 1. The van der Waals surface area contributed by atoms with Crippen LogP contribution in [-0.2, 0) is 23.4 Å². The molecule has 4 aromatic rings. The first-order valence-corrected chi connectivity index (χ1v) is 20.4. The number of nitrogens with zero attached hydrogens (tertiary/aromatic N) is 2. The number of rotatable bonds is 12. The zero-order chi connectivity index (χ0) is 38.0. The summed E-state index contributed by atoms with van der Waals surface area (Å²) in [7, 11) is -1.85. The lowest BCUT2D eigenvalue weighted by molar-refractivity contribution is -0.0639. The molecular formula is C41H44N2O9Si. The van der Waals surface area contributed by atoms with Gasteiger partial charge >= 0.3 is 23.6 Å². The van der Waals surface area contributed by atoms with Crippen molar-refractivity contribution in [1.82, 2.24) is 9.55 Å². The topological polar surface area (TPSA) is 132 Å². The summed E-state index contributed by atoms with van der Waals surface area (Å²) in [5.41, 5.74) is 0.264. The Morgan fingerprint density at radius 2 is 1.32 bits per heavy atom. The summed E-state index contributed by atoms with van der Waals surface area (Å²) < 4.78 is 31.1. The van der Waals surface area contributed by atoms with Crippen molar-refractivity contribution in [3.05, 3.63) is 136 Å². The predicted molar refractivity (Wildman–Crippen MR) is 200 cm³/mol. The predicted octanol–water partition coefficient (Wildman–Crippen LogP) is 6.60. The number of carbonyl (C=O) groups is 3. The summed E-state index contributed by atoms with van der Waals surface area (Å²) in [6.07, 6.45) is -2.39. The Kier molecular flexibility index (Phi) is 12.8. The Labute approximate surface area is 310 Å². The van der Waals surface area contributed by atoms with Gasteiger partial charge < -0.3 is 23.4 Å². The quantitative estimate of drug-likeness (QED) is 0.0515. The fraction of sp³-hybridized carbons (Fsp3) is 0.341. The van der Waals surface area contributed by atoms with Crippen LogP contribution < -0.4 is 5.69 Å². The van der Waals surface area contributed by atoms with E-state index in [1.54, 1.807) is 97.1 Å². The van der Waals surface area contributed by atoms with Gasteiger partial charge in [-0.25, -0.2) is 19.2 Å². The smallest absolute Gasteiger partial charge is 0.350 e. The van der Waals surface area contributed by atoms with Crippen LogP contribution in [0.25, 0.3) is 0 Å². The molecule has 0 bridgehead atoms. The molecular weight excluding hydrogens is 693 g/mol. The first kappa shape index (κ1) is 38.9. The summed E-state index contributed by atoms with van der Waals surface area (Å²) in [5, 5.41) is 0.116. The Morgan fingerprint density at radius 1 is 0.792 bits per heavy atom. The van der Waals surface area contributed by atoms with Crippen molar-refractivity contribution in [2.24, 2.45) is 0 Å². The third-order valence-corrected chi connectivity index (χ3v) is 13.8. The van der Waals surface area contributed by atoms with E-state index in [2.05, 4.69) is 50.7 Å². The minimum atomic E-state index is -1.85. The van der Waals surface area contributed by atoms with Crippen LogP contribution in [0.5, 0.6) is 0 Å². The molecule has 0 radical (unpaired) electrons. The largest absolute Gasteiger partial charge is 0.459 e. The number of aromatic nitrogens is 2. The van der Waals surface area contributed by atoms with E-state index in [1.165, 1.54) is 6.20 Å². The summed E-state index contributed by atoms with van der Waals surface area (Å²) in [6.45, 7) is 11.2. The van der Waals surface area contributed by atoms with Crippen LogP contribution in [0.2, 0.25) is 18.1 Å². The molecule has 12 heteroatoms. The number of hydrogen-bond acceptors (Lipinski definition) is 10. The Balaban J connectivity index is 1.40. The lowest BCUT2D eigenvalue weighted by Crippen LogP contribution is -2.42. The molecule has 11 nitrogen and oxygen atoms in total. The number of benzene rings is 3. The Hall–Kier alpha value is -5.35. The Morgan fingerprint density at radius 3 is 1.85 bits per heavy atom. The third-order valence-electron chi connectivity index (χ3n) is 9.21. The van der Waals surface area contributed by atoms with Gasteiger partial charge in [0.2, 0.25) is 0 Å². The van der Waals surface area contributed by atoms with Gasteiger partial charge in [-0.2, -0.15) is 4.98 Å². The van der Waals surface area contributed by atoms with Crippen molar-refractivity contribution in [3.63, 3.8) is 0 Å². The van der Waals surface area contributed by atoms with Gasteiger partial charge in [-0.05, 0) is 72.9 Å². The molecule has 0 unspecified atom stereocenters. The molecule has 3 aromatic carbocycles. The highest BCUT2D eigenvalue weighted by Crippen LogP contribution is 2.37. The van der Waals surface area contributed by atoms with Crippen LogP contribution in [0.15, 0.2) is 108 Å². The average molecular weight is 737 g/mol. The maximum Gasteiger partial charge on any atom is 0.350 e. The van der Waals surface area contributed by atoms with Crippen LogP contribution in [0.3, 0.4) is 0 Å². The van der Waals surface area contributed by atoms with Gasteiger partial charge in [-0.15, -0.1) is 0 Å². The van der Waals surface area contributed by atoms with Crippen LogP contribution in [0.4, 0.5) is 0 Å². The van der Waals surface area contributed by atoms with Crippen molar-refractivity contribution in [2.45, 2.75) is 76.3 Å². The fourth-order valence-electron chi connectivity index (χ4n) is 5.21. The monoisotopic (exact) mass is 736 g/mol. The van der Waals surface area contributed by atoms with E-state index in [1.807, 2.05) is 0 Å². The van der Waals surface area contributed by atoms with Crippen molar-refractivity contribution in [2.75, 3.05) is 13.2 Å². The molecule has 1 saturated heterocycles. The van der Waals surface area contributed by atoms with E-state index in [-0.39, 0.29) is 28.5 Å². The highest BCUT2D eigenvalue weighted by Gasteiger charge is 2.51. The summed E-state index contributed by atoms with van der Waals surface area (Å²) in [5.74, 6) is 3.88. The molecule has 0 aliphatic carbocycles. The Bertz CT molecular complexity index is 1980. The molecule has 1 aromatic heterocycles. The minimum Gasteiger partial charge on any atom is -0.459 e. The SMILES string of the molecule is CC(C)(C)[Si](C)(C)OCCCC#Cc1ccn([C@@H]2O[C@H](COC(=O)c3ccccc3)[C@@H](OC(=O)c3ccccc3)[C@H]2OC(=O)c2ccccc2)c(=O)n1. The minimum absolute atomic E-state index is 0.116. The maximum atomic E-state index is 13.5. The molecule has 0 saturated carbocycles. The van der Waals surface area contributed by atoms with Crippen LogP contribution in [0.1, 0.15) is 76.6 Å². The van der Waals surface area contributed by atoms with Gasteiger partial charge in [0.1, 0.15) is 18.4 Å². The molecule has 1 fully saturated rings. The molecule has 0 amide bonds. The van der Waals surface area contributed by atoms with Gasteiger partial charge in [-0.3, -0.25) is 4.57 Å². The van der Waals surface area contributed by atoms with E-state index in [4.69, 9.17) is 23.4 Å². The van der Waals surface area contributed by atoms with Gasteiger partial charge in [0.25, 0.3) is 0 Å². The average Bonchev–Trinajstić information content (AvgIpc) is 3.47. The zero-order valence-corrected chi connectivity index (χ0v) is 31.5. The molecule has 276 valence electrons. The lowest BCUT2D eigenvalue weighted by Gasteiger charge is -2.36. The molecule has 4 atom stereocenters. The third kappa shape index (κ3) is 10.2. The lowest BCUT2D eigenvalue weighted by atomic mass is 10.1. The molecule has 0 spiro atoms. The second-order valence-corrected chi connectivity index (χ2v) is 18.8. The van der Waals surface area contributed by atoms with Gasteiger partial charge in [0.15, 0.2) is 26.8 Å². The first-order valence-electron chi connectivity index (χ1n) is 17.5. The molecule has 53 heavy (non-hydrogen) atoms. The van der Waals surface area contributed by atoms with E-state index < -0.39 is 56.5 Å². The van der Waals surface area contributed by atoms with Crippen molar-refractivity contribution in [1.29, 1.82) is 0 Å². The second-order valence-electron chi connectivity index (χ2n) is 14.0. The number of carbonyl (C=O) groups excluding carboxylic acids is 3. The second kappa shape index (κ2) is 17.4. The van der Waals surface area contributed by atoms with Crippen molar-refractivity contribution < 1.29 is 37.8 Å². The normalized spacial score (nSPS) is 18.4. The van der Waals surface area contributed by atoms with E-state index in [0.717, 1.165) is 11.0 Å². The van der Waals surface area contributed by atoms with Crippen LogP contribution in [0, 0.1) is 11.8 Å². The summed E-state index contributed by atoms with van der Waals surface area (Å²) in [6, 6.07) is 26.4. The number of hydrogen-bond donors (Lipinski definition) is 0. The molecule has 5 rings (SSSR count). The highest BCUT2D eigenvalue weighted by atomic mass is 28.4. The van der Waals surface area contributed by atoms with Gasteiger partial charge in [0.05, 0.1) is 16.7 Å². The molecule has 2 heterocycles. The maximum absolute atomic E-state index is 13.5. The molecule has 1 aliphatic rings. The first-order chi connectivity index (χ1) is 25.3. The van der Waals surface area contributed by atoms with E-state index in [9.17, 15) is 19.2 Å². The van der Waals surface area contributed by atoms with Gasteiger partial charge in [-0.1, -0.05) is 81.3 Å². The molecule has 1 aliphatic heterocycles. The number of esters is 3. The number of ether oxygens (including phenoxy) is 4. The van der Waals surface area contributed by atoms with Gasteiger partial charge in [0, 0.05) is 19.2 Å². The molecule has 0 N–H and O–H groups in total. The standard InChI is InChI=1S/C41H44N2O9Si/c1-41(2,3)53(4,5)49-27-17-9-16-24-32-25-26-43(40(47)42-32)36-35(52-39(46)31-22-14-8-15-23-31)34(51-38(45)30-20-12-7-13-21-30)33(50-36)28-48-37(44)29-18-10-6-11-19-29/h6-8,10-15,18-23,25-26,33-36H,9,17,27-28H2,1-5H3/t33-,34-,35-,36-/m1/s1. The fourth-order valence-corrected chi connectivity index (χ4v) is 6.30. The van der Waals surface area contributed by atoms with Crippen molar-refractivity contribution >= 4 is 26.2 Å². The van der Waals surface area contributed by atoms with Crippen LogP contribution in [-0.4, -0.2) is 67.3 Å². The van der Waals surface area contributed by atoms with E-state index in [0.29, 0.717) is 18.6 Å². The highest BCUT2D eigenvalue weighted by molar-refractivity contribution is 6.74. The summed E-state index contributed by atoms with van der Waals surface area (Å²) >= 11 is 0. The van der Waals surface area contributed by atoms with E-state index >= 15 is 0 Å². The van der Waals surface area contributed by atoms with Crippen LogP contribution >= 0.6 is 0 Å². The zero-order valence-electron chi connectivity index (χ0n) is 30.5. The van der Waals surface area contributed by atoms with Crippen molar-refractivity contribution in [3.8, 4) is 11.8 Å².